The van der Waals surface area contributed by atoms with Crippen molar-refractivity contribution in [1.29, 1.82) is 0 Å². The predicted molar refractivity (Wildman–Crippen MR) is 170 cm³/mol. The van der Waals surface area contributed by atoms with Crippen LogP contribution in [0.3, 0.4) is 0 Å². The Labute approximate surface area is 256 Å². The van der Waals surface area contributed by atoms with E-state index in [9.17, 15) is 19.5 Å². The summed E-state index contributed by atoms with van der Waals surface area (Å²) in [7, 11) is 0. The highest BCUT2D eigenvalue weighted by Crippen LogP contribution is 2.29. The van der Waals surface area contributed by atoms with Crippen LogP contribution in [0.4, 0.5) is 0 Å². The summed E-state index contributed by atoms with van der Waals surface area (Å²) in [6.45, 7) is 11.9. The average Bonchev–Trinajstić information content (AvgIpc) is 3.49. The molecule has 4 aromatic rings. The van der Waals surface area contributed by atoms with Crippen LogP contribution < -0.4 is 10.6 Å². The molecule has 8 nitrogen and oxygen atoms in total. The Morgan fingerprint density at radius 2 is 1.53 bits per heavy atom. The van der Waals surface area contributed by atoms with Crippen molar-refractivity contribution >= 4 is 29.1 Å². The van der Waals surface area contributed by atoms with Gasteiger partial charge < -0.3 is 15.7 Å². The number of carbonyl (C=O) groups is 3. The Balaban J connectivity index is 1.50. The number of thiophene rings is 1. The highest BCUT2D eigenvalue weighted by atomic mass is 32.1. The molecule has 0 bridgehead atoms. The van der Waals surface area contributed by atoms with Gasteiger partial charge >= 0.3 is 5.97 Å². The van der Waals surface area contributed by atoms with Crippen molar-refractivity contribution in [2.45, 2.75) is 71.4 Å². The predicted octanol–water partition coefficient (Wildman–Crippen LogP) is 6.22. The van der Waals surface area contributed by atoms with Crippen LogP contribution >= 0.6 is 11.3 Å². The summed E-state index contributed by atoms with van der Waals surface area (Å²) in [5, 5.41) is 14.6. The lowest BCUT2D eigenvalue weighted by Crippen LogP contribution is -2.51. The minimum atomic E-state index is -1.16. The number of aliphatic carboxylic acids is 1. The number of nitrogens with one attached hydrogen (secondary N) is 2. The van der Waals surface area contributed by atoms with Crippen LogP contribution in [-0.2, 0) is 21.4 Å². The molecule has 0 fully saturated rings. The van der Waals surface area contributed by atoms with E-state index in [0.717, 1.165) is 27.1 Å². The van der Waals surface area contributed by atoms with E-state index in [-0.39, 0.29) is 17.7 Å². The molecular formula is C34H38N4O4S. The van der Waals surface area contributed by atoms with Crippen LogP contribution in [0.15, 0.2) is 73.1 Å². The van der Waals surface area contributed by atoms with Crippen molar-refractivity contribution in [3.05, 3.63) is 93.9 Å². The van der Waals surface area contributed by atoms with E-state index in [1.807, 2.05) is 54.9 Å². The first-order valence-electron chi connectivity index (χ1n) is 14.3. The summed E-state index contributed by atoms with van der Waals surface area (Å²) in [6.07, 6.45) is 3.80. The second-order valence-electron chi connectivity index (χ2n) is 12.0. The lowest BCUT2D eigenvalue weighted by atomic mass is 9.95. The fraction of sp³-hybridized carbons (Fsp3) is 0.324. The zero-order valence-electron chi connectivity index (χ0n) is 25.3. The highest BCUT2D eigenvalue weighted by Gasteiger charge is 2.26. The standard InChI is InChI=1S/C34H38N4O4S/c1-20(2)24-8-7-9-25(17-24)26-18-35-30(36-19-26)23-12-10-22(11-13-23)16-27(31(39)37-21(3)33(41)42)38-32(40)28-14-15-29(43-28)34(4,5)6/h7-15,17-21,27H,16H2,1-6H3,(H,37,39)(H,38,40)(H,41,42). The number of hydrogen-bond acceptors (Lipinski definition) is 6. The number of benzene rings is 2. The molecule has 2 aromatic carbocycles. The van der Waals surface area contributed by atoms with E-state index in [1.165, 1.54) is 23.8 Å². The van der Waals surface area contributed by atoms with Crippen molar-refractivity contribution in [3.63, 3.8) is 0 Å². The van der Waals surface area contributed by atoms with Gasteiger partial charge in [0.1, 0.15) is 12.1 Å². The largest absolute Gasteiger partial charge is 0.480 e. The van der Waals surface area contributed by atoms with Gasteiger partial charge in [-0.2, -0.15) is 0 Å². The van der Waals surface area contributed by atoms with Gasteiger partial charge in [-0.1, -0.05) is 83.1 Å². The minimum absolute atomic E-state index is 0.110. The van der Waals surface area contributed by atoms with Gasteiger partial charge in [0, 0.05) is 34.8 Å². The highest BCUT2D eigenvalue weighted by molar-refractivity contribution is 7.14. The summed E-state index contributed by atoms with van der Waals surface area (Å²) in [5.41, 5.74) is 4.74. The molecule has 2 heterocycles. The number of nitrogens with zero attached hydrogens (tertiary/aromatic N) is 2. The van der Waals surface area contributed by atoms with E-state index >= 15 is 0 Å². The third-order valence-electron chi connectivity index (χ3n) is 7.11. The third kappa shape index (κ3) is 8.14. The number of carboxylic acids is 1. The molecular weight excluding hydrogens is 560 g/mol. The molecule has 0 aliphatic carbocycles. The molecule has 4 rings (SSSR count). The fourth-order valence-corrected chi connectivity index (χ4v) is 5.37. The Bertz CT molecular complexity index is 1590. The number of carbonyl (C=O) groups excluding carboxylic acids is 2. The van der Waals surface area contributed by atoms with Gasteiger partial charge in [0.25, 0.3) is 5.91 Å². The van der Waals surface area contributed by atoms with Crippen molar-refractivity contribution in [2.24, 2.45) is 0 Å². The van der Waals surface area contributed by atoms with Crippen LogP contribution in [0.5, 0.6) is 0 Å². The molecule has 0 spiro atoms. The summed E-state index contributed by atoms with van der Waals surface area (Å²) in [5.74, 6) is -1.11. The molecule has 0 radical (unpaired) electrons. The maximum atomic E-state index is 13.1. The first-order chi connectivity index (χ1) is 20.3. The van der Waals surface area contributed by atoms with Crippen molar-refractivity contribution < 1.29 is 19.5 Å². The third-order valence-corrected chi connectivity index (χ3v) is 8.62. The molecule has 2 aromatic heterocycles. The zero-order chi connectivity index (χ0) is 31.3. The molecule has 3 N–H and O–H groups in total. The van der Waals surface area contributed by atoms with Gasteiger partial charge in [-0.15, -0.1) is 11.3 Å². The summed E-state index contributed by atoms with van der Waals surface area (Å²) in [6, 6.07) is 17.4. The van der Waals surface area contributed by atoms with Crippen LogP contribution in [0.25, 0.3) is 22.5 Å². The molecule has 9 heteroatoms. The van der Waals surface area contributed by atoms with E-state index in [2.05, 4.69) is 67.4 Å². The Kier molecular flexibility index (Phi) is 9.76. The van der Waals surface area contributed by atoms with Gasteiger partial charge in [0.15, 0.2) is 5.82 Å². The second-order valence-corrected chi connectivity index (χ2v) is 13.1. The van der Waals surface area contributed by atoms with Crippen LogP contribution in [-0.4, -0.2) is 44.9 Å². The zero-order valence-corrected chi connectivity index (χ0v) is 26.2. The normalized spacial score (nSPS) is 12.9. The SMILES string of the molecule is CC(NC(=O)C(Cc1ccc(-c2ncc(-c3cccc(C(C)C)c3)cn2)cc1)NC(=O)c1ccc(C(C)(C)C)s1)C(=O)O. The molecule has 224 valence electrons. The van der Waals surface area contributed by atoms with Gasteiger partial charge in [-0.3, -0.25) is 14.4 Å². The smallest absolute Gasteiger partial charge is 0.325 e. The molecule has 0 aliphatic rings. The van der Waals surface area contributed by atoms with Crippen molar-refractivity contribution in [2.75, 3.05) is 0 Å². The van der Waals surface area contributed by atoms with E-state index in [1.54, 1.807) is 6.07 Å². The van der Waals surface area contributed by atoms with Crippen LogP contribution in [0, 0.1) is 0 Å². The number of hydrogen-bond donors (Lipinski definition) is 3. The molecule has 0 saturated carbocycles. The van der Waals surface area contributed by atoms with Crippen LogP contribution in [0.2, 0.25) is 0 Å². The molecule has 2 unspecified atom stereocenters. The van der Waals surface area contributed by atoms with Crippen molar-refractivity contribution in [1.82, 2.24) is 20.6 Å². The van der Waals surface area contributed by atoms with Crippen LogP contribution in [0.1, 0.15) is 73.1 Å². The van der Waals surface area contributed by atoms with Gasteiger partial charge in [-0.05, 0) is 47.1 Å². The van der Waals surface area contributed by atoms with Gasteiger partial charge in [0.05, 0.1) is 4.88 Å². The first kappa shape index (κ1) is 31.6. The molecule has 2 atom stereocenters. The maximum Gasteiger partial charge on any atom is 0.325 e. The topological polar surface area (TPSA) is 121 Å². The summed E-state index contributed by atoms with van der Waals surface area (Å²) < 4.78 is 0. The molecule has 2 amide bonds. The van der Waals surface area contributed by atoms with E-state index in [0.29, 0.717) is 16.6 Å². The number of rotatable bonds is 10. The number of aromatic nitrogens is 2. The fourth-order valence-electron chi connectivity index (χ4n) is 4.41. The monoisotopic (exact) mass is 598 g/mol. The molecule has 43 heavy (non-hydrogen) atoms. The summed E-state index contributed by atoms with van der Waals surface area (Å²) >= 11 is 1.38. The molecule has 0 aliphatic heterocycles. The lowest BCUT2D eigenvalue weighted by Gasteiger charge is -2.20. The van der Waals surface area contributed by atoms with Gasteiger partial charge in [0.2, 0.25) is 5.91 Å². The van der Waals surface area contributed by atoms with E-state index in [4.69, 9.17) is 0 Å². The maximum absolute atomic E-state index is 13.1. The lowest BCUT2D eigenvalue weighted by molar-refractivity contribution is -0.141. The Morgan fingerprint density at radius 1 is 0.860 bits per heavy atom. The minimum Gasteiger partial charge on any atom is -0.480 e. The average molecular weight is 599 g/mol. The van der Waals surface area contributed by atoms with E-state index < -0.39 is 24.0 Å². The number of carboxylic acid groups (broad SMARTS) is 1. The quantitative estimate of drug-likeness (QED) is 0.199. The van der Waals surface area contributed by atoms with Crippen molar-refractivity contribution in [3.8, 4) is 22.5 Å². The first-order valence-corrected chi connectivity index (χ1v) is 15.1. The molecule has 0 saturated heterocycles. The van der Waals surface area contributed by atoms with Gasteiger partial charge in [-0.25, -0.2) is 9.97 Å². The number of amides is 2. The Morgan fingerprint density at radius 3 is 2.12 bits per heavy atom. The summed E-state index contributed by atoms with van der Waals surface area (Å²) in [4.78, 5) is 48.2. The second kappa shape index (κ2) is 13.3. The Hall–Kier alpha value is -4.37.